The quantitative estimate of drug-likeness (QED) is 0.671. The number of aromatic amines is 1. The van der Waals surface area contributed by atoms with Gasteiger partial charge in [-0.2, -0.15) is 5.10 Å². The number of nitrogens with one attached hydrogen (secondary N) is 1. The van der Waals surface area contributed by atoms with Crippen molar-refractivity contribution >= 4 is 22.5 Å². The van der Waals surface area contributed by atoms with Crippen LogP contribution in [0.3, 0.4) is 0 Å². The Kier molecular flexibility index (Phi) is 2.37. The zero-order valence-electron chi connectivity index (χ0n) is 9.63. The molecule has 3 N–H and O–H groups in total. The van der Waals surface area contributed by atoms with Gasteiger partial charge in [-0.25, -0.2) is 0 Å². The Bertz CT molecular complexity index is 697. The summed E-state index contributed by atoms with van der Waals surface area (Å²) in [6, 6.07) is 9.28. The van der Waals surface area contributed by atoms with Crippen LogP contribution in [0.25, 0.3) is 10.9 Å². The highest BCUT2D eigenvalue weighted by molar-refractivity contribution is 5.99. The van der Waals surface area contributed by atoms with Crippen molar-refractivity contribution in [2.24, 2.45) is 0 Å². The predicted octanol–water partition coefficient (Wildman–Crippen LogP) is 1.83. The number of nitrogens with two attached hydrogens (primary N) is 1. The van der Waals surface area contributed by atoms with Gasteiger partial charge in [0.1, 0.15) is 0 Å². The SMILES string of the molecule is Nc1cccc2ccn(C(=O)Cc3ccn[nH]3)c12. The highest BCUT2D eigenvalue weighted by atomic mass is 16.2. The largest absolute Gasteiger partial charge is 0.397 e. The van der Waals surface area contributed by atoms with Crippen LogP contribution in [-0.4, -0.2) is 20.7 Å². The van der Waals surface area contributed by atoms with E-state index in [1.165, 1.54) is 0 Å². The number of aromatic nitrogens is 3. The molecule has 0 radical (unpaired) electrons. The van der Waals surface area contributed by atoms with E-state index in [0.29, 0.717) is 5.69 Å². The maximum absolute atomic E-state index is 12.2. The first-order valence-corrected chi connectivity index (χ1v) is 5.63. The van der Waals surface area contributed by atoms with E-state index < -0.39 is 0 Å². The van der Waals surface area contributed by atoms with Crippen LogP contribution >= 0.6 is 0 Å². The first-order chi connectivity index (χ1) is 8.75. The number of nitrogen functional groups attached to an aromatic ring is 1. The van der Waals surface area contributed by atoms with Crippen LogP contribution in [0.2, 0.25) is 0 Å². The molecule has 3 aromatic rings. The van der Waals surface area contributed by atoms with Gasteiger partial charge in [0.05, 0.1) is 17.6 Å². The average molecular weight is 240 g/mol. The zero-order chi connectivity index (χ0) is 12.5. The molecule has 5 nitrogen and oxygen atoms in total. The van der Waals surface area contributed by atoms with Crippen LogP contribution in [0.5, 0.6) is 0 Å². The van der Waals surface area contributed by atoms with Crippen molar-refractivity contribution in [2.75, 3.05) is 5.73 Å². The van der Waals surface area contributed by atoms with Crippen LogP contribution in [0, 0.1) is 0 Å². The van der Waals surface area contributed by atoms with Crippen molar-refractivity contribution in [3.8, 4) is 0 Å². The number of rotatable bonds is 2. The first-order valence-electron chi connectivity index (χ1n) is 5.63. The van der Waals surface area contributed by atoms with E-state index in [1.807, 2.05) is 18.2 Å². The van der Waals surface area contributed by atoms with Gasteiger partial charge in [0.15, 0.2) is 0 Å². The fourth-order valence-corrected chi connectivity index (χ4v) is 2.06. The lowest BCUT2D eigenvalue weighted by atomic mass is 10.2. The Morgan fingerprint density at radius 2 is 2.22 bits per heavy atom. The van der Waals surface area contributed by atoms with Crippen LogP contribution in [-0.2, 0) is 6.42 Å². The molecule has 0 spiro atoms. The van der Waals surface area contributed by atoms with Crippen LogP contribution in [0.15, 0.2) is 42.7 Å². The lowest BCUT2D eigenvalue weighted by Gasteiger charge is -2.05. The fraction of sp³-hybridized carbons (Fsp3) is 0.0769. The van der Waals surface area contributed by atoms with Crippen LogP contribution in [0.4, 0.5) is 5.69 Å². The molecule has 1 aromatic carbocycles. The molecule has 2 aromatic heterocycles. The lowest BCUT2D eigenvalue weighted by Crippen LogP contribution is -2.13. The summed E-state index contributed by atoms with van der Waals surface area (Å²) in [6.45, 7) is 0. The third-order valence-corrected chi connectivity index (χ3v) is 2.91. The molecule has 0 unspecified atom stereocenters. The Hall–Kier alpha value is -2.56. The van der Waals surface area contributed by atoms with Gasteiger partial charge >= 0.3 is 0 Å². The van der Waals surface area contributed by atoms with Gasteiger partial charge < -0.3 is 5.73 Å². The third kappa shape index (κ3) is 1.66. The molecule has 90 valence electrons. The summed E-state index contributed by atoms with van der Waals surface area (Å²) in [6.07, 6.45) is 3.66. The van der Waals surface area contributed by atoms with E-state index >= 15 is 0 Å². The van der Waals surface area contributed by atoms with E-state index in [2.05, 4.69) is 10.2 Å². The molecule has 0 saturated carbocycles. The second-order valence-corrected chi connectivity index (χ2v) is 4.12. The molecule has 0 amide bonds. The van der Waals surface area contributed by atoms with Gasteiger partial charge in [-0.1, -0.05) is 12.1 Å². The normalized spacial score (nSPS) is 10.9. The minimum absolute atomic E-state index is 0.0350. The summed E-state index contributed by atoms with van der Waals surface area (Å²) < 4.78 is 1.59. The molecular weight excluding hydrogens is 228 g/mol. The number of H-pyrrole nitrogens is 1. The van der Waals surface area contributed by atoms with E-state index in [4.69, 9.17) is 5.73 Å². The third-order valence-electron chi connectivity index (χ3n) is 2.91. The zero-order valence-corrected chi connectivity index (χ0v) is 9.63. The smallest absolute Gasteiger partial charge is 0.237 e. The molecule has 0 fully saturated rings. The standard InChI is InChI=1S/C13H12N4O/c14-11-3-1-2-9-5-7-17(13(9)11)12(18)8-10-4-6-15-16-10/h1-7H,8,14H2,(H,15,16). The number of carbonyl (C=O) groups is 1. The molecule has 0 saturated heterocycles. The number of carbonyl (C=O) groups excluding carboxylic acids is 1. The highest BCUT2D eigenvalue weighted by Gasteiger charge is 2.12. The molecular formula is C13H12N4O. The molecule has 0 aliphatic carbocycles. The summed E-state index contributed by atoms with van der Waals surface area (Å²) in [5, 5.41) is 7.57. The van der Waals surface area contributed by atoms with Crippen molar-refractivity contribution in [1.82, 2.24) is 14.8 Å². The second kappa shape index (κ2) is 4.03. The minimum atomic E-state index is -0.0350. The summed E-state index contributed by atoms with van der Waals surface area (Å²) in [7, 11) is 0. The fourth-order valence-electron chi connectivity index (χ4n) is 2.06. The number of benzene rings is 1. The van der Waals surface area contributed by atoms with Crippen LogP contribution in [0.1, 0.15) is 10.5 Å². The van der Waals surface area contributed by atoms with Crippen molar-refractivity contribution in [3.05, 3.63) is 48.4 Å². The summed E-state index contributed by atoms with van der Waals surface area (Å²) >= 11 is 0. The second-order valence-electron chi connectivity index (χ2n) is 4.12. The van der Waals surface area contributed by atoms with Crippen molar-refractivity contribution < 1.29 is 4.79 Å². The number of hydrogen-bond acceptors (Lipinski definition) is 3. The molecule has 0 aliphatic rings. The van der Waals surface area contributed by atoms with Gasteiger partial charge in [0.2, 0.25) is 5.91 Å². The molecule has 18 heavy (non-hydrogen) atoms. The summed E-state index contributed by atoms with van der Waals surface area (Å²) in [4.78, 5) is 12.2. The van der Waals surface area contributed by atoms with Crippen molar-refractivity contribution in [1.29, 1.82) is 0 Å². The van der Waals surface area contributed by atoms with Crippen molar-refractivity contribution in [2.45, 2.75) is 6.42 Å². The van der Waals surface area contributed by atoms with Crippen molar-refractivity contribution in [3.63, 3.8) is 0 Å². The Morgan fingerprint density at radius 1 is 1.33 bits per heavy atom. The summed E-state index contributed by atoms with van der Waals surface area (Å²) in [5.74, 6) is -0.0350. The maximum Gasteiger partial charge on any atom is 0.237 e. The average Bonchev–Trinajstić information content (AvgIpc) is 2.97. The minimum Gasteiger partial charge on any atom is -0.397 e. The number of nitrogens with zero attached hydrogens (tertiary/aromatic N) is 2. The maximum atomic E-state index is 12.2. The molecule has 0 aliphatic heterocycles. The first kappa shape index (κ1) is 10.6. The van der Waals surface area contributed by atoms with Gasteiger partial charge in [-0.3, -0.25) is 14.5 Å². The number of anilines is 1. The number of hydrogen-bond donors (Lipinski definition) is 2. The van der Waals surface area contributed by atoms with Gasteiger partial charge in [0.25, 0.3) is 0 Å². The van der Waals surface area contributed by atoms with Crippen LogP contribution < -0.4 is 5.73 Å². The Labute approximate surface area is 103 Å². The molecule has 0 atom stereocenters. The van der Waals surface area contributed by atoms with E-state index in [0.717, 1.165) is 16.6 Å². The monoisotopic (exact) mass is 240 g/mol. The van der Waals surface area contributed by atoms with Gasteiger partial charge in [0, 0.05) is 23.5 Å². The molecule has 0 bridgehead atoms. The summed E-state index contributed by atoms with van der Waals surface area (Å²) in [5.41, 5.74) is 8.08. The van der Waals surface area contributed by atoms with E-state index in [-0.39, 0.29) is 12.3 Å². The van der Waals surface area contributed by atoms with Gasteiger partial charge in [-0.05, 0) is 18.2 Å². The Balaban J connectivity index is 2.02. The topological polar surface area (TPSA) is 76.7 Å². The predicted molar refractivity (Wildman–Crippen MR) is 69.3 cm³/mol. The highest BCUT2D eigenvalue weighted by Crippen LogP contribution is 2.22. The van der Waals surface area contributed by atoms with E-state index in [9.17, 15) is 4.79 Å². The van der Waals surface area contributed by atoms with E-state index in [1.54, 1.807) is 29.1 Å². The Morgan fingerprint density at radius 3 is 3.00 bits per heavy atom. The molecule has 3 rings (SSSR count). The van der Waals surface area contributed by atoms with Gasteiger partial charge in [-0.15, -0.1) is 0 Å². The number of para-hydroxylation sites is 1. The lowest BCUT2D eigenvalue weighted by molar-refractivity contribution is 0.0918. The molecule has 2 heterocycles. The number of fused-ring (bicyclic) bond motifs is 1. The molecule has 5 heteroatoms.